The number of anilines is 1. The number of hydrogen-bond donors (Lipinski definition) is 4. The normalized spacial score (nSPS) is 11.4. The summed E-state index contributed by atoms with van der Waals surface area (Å²) in [5.41, 5.74) is 8.51. The van der Waals surface area contributed by atoms with Gasteiger partial charge in [0.15, 0.2) is 0 Å². The second kappa shape index (κ2) is 10.6. The maximum absolute atomic E-state index is 11.3. The van der Waals surface area contributed by atoms with Crippen molar-refractivity contribution in [3.8, 4) is 22.9 Å². The van der Waals surface area contributed by atoms with Gasteiger partial charge in [-0.05, 0) is 66.7 Å². The van der Waals surface area contributed by atoms with E-state index < -0.39 is 28.1 Å². The van der Waals surface area contributed by atoms with Crippen LogP contribution in [0, 0.1) is 0 Å². The van der Waals surface area contributed by atoms with Gasteiger partial charge in [0.05, 0.1) is 17.3 Å². The molecule has 4 rings (SSSR count). The van der Waals surface area contributed by atoms with Crippen molar-refractivity contribution in [2.24, 2.45) is 5.73 Å². The maximum atomic E-state index is 11.3. The number of alkyl halides is 3. The Bertz CT molecular complexity index is 1530. The van der Waals surface area contributed by atoms with Crippen molar-refractivity contribution in [2.45, 2.75) is 6.18 Å². The molecule has 37 heavy (non-hydrogen) atoms. The Morgan fingerprint density at radius 1 is 1.00 bits per heavy atom. The van der Waals surface area contributed by atoms with Crippen LogP contribution >= 0.6 is 0 Å². The lowest BCUT2D eigenvalue weighted by Crippen LogP contribution is -2.21. The predicted molar refractivity (Wildman–Crippen MR) is 129 cm³/mol. The second-order valence-electron chi connectivity index (χ2n) is 7.51. The van der Waals surface area contributed by atoms with E-state index in [1.165, 1.54) is 0 Å². The summed E-state index contributed by atoms with van der Waals surface area (Å²) in [4.78, 5) is 27.9. The fraction of sp³-hybridized carbons (Fsp3) is 0.0870. The predicted octanol–water partition coefficient (Wildman–Crippen LogP) is 4.13. The molecule has 0 bridgehead atoms. The van der Waals surface area contributed by atoms with Gasteiger partial charge in [-0.2, -0.15) is 13.2 Å². The highest BCUT2D eigenvalue weighted by atomic mass is 32.2. The lowest BCUT2D eigenvalue weighted by atomic mass is 10.2. The van der Waals surface area contributed by atoms with Crippen molar-refractivity contribution in [1.29, 1.82) is 0 Å². The average molecular weight is 536 g/mol. The molecule has 0 radical (unpaired) electrons. The van der Waals surface area contributed by atoms with Gasteiger partial charge in [-0.1, -0.05) is 0 Å². The smallest absolute Gasteiger partial charge is 0.475 e. The number of sulfonamides is 1. The summed E-state index contributed by atoms with van der Waals surface area (Å²) in [5.74, 6) is -1.39. The number of benzene rings is 3. The fourth-order valence-corrected chi connectivity index (χ4v) is 3.49. The van der Waals surface area contributed by atoms with Gasteiger partial charge in [0.2, 0.25) is 15.9 Å². The van der Waals surface area contributed by atoms with Gasteiger partial charge in [0.1, 0.15) is 17.3 Å². The SMILES string of the molecule is CS(=O)(=O)Nc1ccc(Oc2ccc(-c3nc4ccc(C(N)=O)cc4[nH]3)cc2)cc1.O=C(O)C(F)(F)F. The van der Waals surface area contributed by atoms with Crippen LogP contribution in [0.5, 0.6) is 11.5 Å². The standard InChI is InChI=1S/C21H18N4O4S.C2HF3O2/c1-30(27,28)25-15-5-9-17(10-6-15)29-16-7-2-13(3-8-16)21-23-18-11-4-14(20(22)26)12-19(18)24-21;3-2(4,5)1(6)7/h2-12,25H,1H3,(H2,22,26)(H,23,24);(H,6,7). The van der Waals surface area contributed by atoms with Crippen molar-refractivity contribution in [3.05, 3.63) is 72.3 Å². The Labute approximate surface area is 207 Å². The number of ether oxygens (including phenoxy) is 1. The number of nitrogens with zero attached hydrogens (tertiary/aromatic N) is 1. The van der Waals surface area contributed by atoms with Crippen LogP contribution in [0.15, 0.2) is 66.7 Å². The van der Waals surface area contributed by atoms with Crippen molar-refractivity contribution in [1.82, 2.24) is 9.97 Å². The number of nitrogens with one attached hydrogen (secondary N) is 2. The van der Waals surface area contributed by atoms with E-state index in [4.69, 9.17) is 20.4 Å². The molecular weight excluding hydrogens is 517 g/mol. The van der Waals surface area contributed by atoms with E-state index in [-0.39, 0.29) is 0 Å². The van der Waals surface area contributed by atoms with Gasteiger partial charge in [0.25, 0.3) is 0 Å². The summed E-state index contributed by atoms with van der Waals surface area (Å²) in [5, 5.41) is 7.12. The number of nitrogens with two attached hydrogens (primary N) is 1. The Balaban J connectivity index is 0.000000479. The number of aromatic amines is 1. The number of aromatic nitrogens is 2. The largest absolute Gasteiger partial charge is 0.490 e. The van der Waals surface area contributed by atoms with Crippen LogP contribution in [-0.2, 0) is 14.8 Å². The molecule has 1 amide bonds. The lowest BCUT2D eigenvalue weighted by molar-refractivity contribution is -0.192. The molecular formula is C23H19F3N4O6S. The summed E-state index contributed by atoms with van der Waals surface area (Å²) in [7, 11) is -3.32. The minimum Gasteiger partial charge on any atom is -0.475 e. The monoisotopic (exact) mass is 536 g/mol. The number of fused-ring (bicyclic) bond motifs is 1. The summed E-state index contributed by atoms with van der Waals surface area (Å²) in [6.45, 7) is 0. The van der Waals surface area contributed by atoms with E-state index in [2.05, 4.69) is 14.7 Å². The molecule has 0 aliphatic heterocycles. The zero-order valence-electron chi connectivity index (χ0n) is 18.9. The number of rotatable bonds is 6. The Morgan fingerprint density at radius 3 is 2.03 bits per heavy atom. The van der Waals surface area contributed by atoms with E-state index in [1.54, 1.807) is 54.6 Å². The highest BCUT2D eigenvalue weighted by molar-refractivity contribution is 7.92. The number of aliphatic carboxylic acids is 1. The topological polar surface area (TPSA) is 164 Å². The molecule has 0 fully saturated rings. The molecule has 5 N–H and O–H groups in total. The van der Waals surface area contributed by atoms with E-state index >= 15 is 0 Å². The molecule has 0 saturated heterocycles. The molecule has 1 aromatic heterocycles. The molecule has 0 saturated carbocycles. The zero-order chi connectivity index (χ0) is 27.4. The highest BCUT2D eigenvalue weighted by Gasteiger charge is 2.38. The molecule has 0 atom stereocenters. The van der Waals surface area contributed by atoms with Crippen LogP contribution in [0.2, 0.25) is 0 Å². The Kier molecular flexibility index (Phi) is 7.72. The molecule has 0 spiro atoms. The third-order valence-electron chi connectivity index (χ3n) is 4.53. The van der Waals surface area contributed by atoms with Gasteiger partial charge in [-0.25, -0.2) is 18.2 Å². The number of imidazole rings is 1. The minimum atomic E-state index is -5.08. The third-order valence-corrected chi connectivity index (χ3v) is 5.14. The van der Waals surface area contributed by atoms with E-state index in [0.29, 0.717) is 28.6 Å². The van der Waals surface area contributed by atoms with Crippen molar-refractivity contribution < 1.29 is 41.0 Å². The molecule has 10 nitrogen and oxygen atoms in total. The first-order valence-electron chi connectivity index (χ1n) is 10.2. The van der Waals surface area contributed by atoms with Gasteiger partial charge in [-0.15, -0.1) is 0 Å². The first-order chi connectivity index (χ1) is 17.2. The van der Waals surface area contributed by atoms with Crippen LogP contribution in [-0.4, -0.2) is 47.8 Å². The van der Waals surface area contributed by atoms with Crippen LogP contribution < -0.4 is 15.2 Å². The van der Waals surface area contributed by atoms with Crippen LogP contribution in [0.4, 0.5) is 18.9 Å². The number of hydrogen-bond acceptors (Lipinski definition) is 6. The summed E-state index contributed by atoms with van der Waals surface area (Å²) in [6, 6.07) is 19.0. The lowest BCUT2D eigenvalue weighted by Gasteiger charge is -2.08. The quantitative estimate of drug-likeness (QED) is 0.288. The van der Waals surface area contributed by atoms with Crippen molar-refractivity contribution in [2.75, 3.05) is 11.0 Å². The molecule has 1 heterocycles. The maximum Gasteiger partial charge on any atom is 0.490 e. The Morgan fingerprint density at radius 2 is 1.54 bits per heavy atom. The molecule has 0 aliphatic rings. The number of primary amides is 1. The number of halogens is 3. The summed E-state index contributed by atoms with van der Waals surface area (Å²) >= 11 is 0. The number of carbonyl (C=O) groups is 2. The number of H-pyrrole nitrogens is 1. The second-order valence-corrected chi connectivity index (χ2v) is 9.26. The minimum absolute atomic E-state index is 0.416. The number of carbonyl (C=O) groups excluding carboxylic acids is 1. The number of amides is 1. The molecule has 0 unspecified atom stereocenters. The van der Waals surface area contributed by atoms with Gasteiger partial charge in [-0.3, -0.25) is 9.52 Å². The molecule has 3 aromatic carbocycles. The highest BCUT2D eigenvalue weighted by Crippen LogP contribution is 2.27. The van der Waals surface area contributed by atoms with Gasteiger partial charge >= 0.3 is 12.1 Å². The van der Waals surface area contributed by atoms with Crippen LogP contribution in [0.1, 0.15) is 10.4 Å². The van der Waals surface area contributed by atoms with Crippen molar-refractivity contribution in [3.63, 3.8) is 0 Å². The first kappa shape index (κ1) is 27.0. The molecule has 0 aliphatic carbocycles. The van der Waals surface area contributed by atoms with E-state index in [9.17, 15) is 26.4 Å². The molecule has 4 aromatic rings. The average Bonchev–Trinajstić information content (AvgIpc) is 3.23. The van der Waals surface area contributed by atoms with Crippen LogP contribution in [0.25, 0.3) is 22.4 Å². The molecule has 194 valence electrons. The summed E-state index contributed by atoms with van der Waals surface area (Å²) in [6.07, 6.45) is -3.99. The first-order valence-corrected chi connectivity index (χ1v) is 12.1. The third kappa shape index (κ3) is 7.70. The van der Waals surface area contributed by atoms with Gasteiger partial charge in [0, 0.05) is 16.8 Å². The fourth-order valence-electron chi connectivity index (χ4n) is 2.92. The van der Waals surface area contributed by atoms with Crippen molar-refractivity contribution >= 4 is 38.6 Å². The summed E-state index contributed by atoms with van der Waals surface area (Å²) < 4.78 is 62.4. The zero-order valence-corrected chi connectivity index (χ0v) is 19.7. The molecule has 14 heteroatoms. The van der Waals surface area contributed by atoms with Crippen LogP contribution in [0.3, 0.4) is 0 Å². The van der Waals surface area contributed by atoms with E-state index in [0.717, 1.165) is 22.9 Å². The number of carboxylic acid groups (broad SMARTS) is 1. The number of carboxylic acids is 1. The van der Waals surface area contributed by atoms with E-state index in [1.807, 2.05) is 12.1 Å². The van der Waals surface area contributed by atoms with Gasteiger partial charge < -0.3 is 20.6 Å². The Hall–Kier alpha value is -4.59.